The molecule has 0 amide bonds. The summed E-state index contributed by atoms with van der Waals surface area (Å²) in [5, 5.41) is 0.115. The number of rotatable bonds is 4. The van der Waals surface area contributed by atoms with Gasteiger partial charge in [-0.2, -0.15) is 0 Å². The van der Waals surface area contributed by atoms with E-state index >= 15 is 0 Å². The van der Waals surface area contributed by atoms with Crippen LogP contribution in [0, 0.1) is 0 Å². The highest BCUT2D eigenvalue weighted by molar-refractivity contribution is 6.32. The zero-order chi connectivity index (χ0) is 11.4. The highest BCUT2D eigenvalue weighted by Crippen LogP contribution is 2.16. The molecule has 1 rings (SSSR count). The number of nitrogens with two attached hydrogens (primary N) is 1. The van der Waals surface area contributed by atoms with Crippen molar-refractivity contribution in [2.45, 2.75) is 19.4 Å². The zero-order valence-electron chi connectivity index (χ0n) is 8.83. The zero-order valence-corrected chi connectivity index (χ0v) is 9.58. The quantitative estimate of drug-likeness (QED) is 0.794. The Morgan fingerprint density at radius 2 is 2.40 bits per heavy atom. The van der Waals surface area contributed by atoms with Crippen LogP contribution in [0.15, 0.2) is 11.1 Å². The molecule has 0 bridgehead atoms. The molecule has 6 heteroatoms. The van der Waals surface area contributed by atoms with E-state index < -0.39 is 0 Å². The summed E-state index contributed by atoms with van der Waals surface area (Å²) in [7, 11) is 1.83. The smallest absolute Gasteiger partial charge is 0.271 e. The minimum absolute atomic E-state index is 0.115. The van der Waals surface area contributed by atoms with E-state index in [-0.39, 0.29) is 16.6 Å². The lowest BCUT2D eigenvalue weighted by molar-refractivity contribution is 0.656. The van der Waals surface area contributed by atoms with E-state index in [1.807, 2.05) is 18.9 Å². The fourth-order valence-electron chi connectivity index (χ4n) is 1.14. The molecule has 1 unspecified atom stereocenters. The summed E-state index contributed by atoms with van der Waals surface area (Å²) in [6.07, 6.45) is 2.16. The first-order chi connectivity index (χ1) is 7.02. The molecule has 0 saturated carbocycles. The number of H-pyrrole nitrogens is 1. The lowest BCUT2D eigenvalue weighted by atomic mass is 10.2. The lowest BCUT2D eigenvalue weighted by Gasteiger charge is -2.19. The Hall–Kier alpha value is -1.07. The van der Waals surface area contributed by atoms with Crippen LogP contribution < -0.4 is 16.2 Å². The van der Waals surface area contributed by atoms with Gasteiger partial charge >= 0.3 is 0 Å². The van der Waals surface area contributed by atoms with Crippen molar-refractivity contribution < 1.29 is 0 Å². The number of nitrogens with one attached hydrogen (secondary N) is 1. The molecule has 0 aromatic carbocycles. The first kappa shape index (κ1) is 12.0. The van der Waals surface area contributed by atoms with Crippen LogP contribution in [0.1, 0.15) is 13.3 Å². The monoisotopic (exact) mass is 230 g/mol. The third-order valence-corrected chi connectivity index (χ3v) is 2.40. The molecule has 1 aromatic heterocycles. The second-order valence-electron chi connectivity index (χ2n) is 3.56. The van der Waals surface area contributed by atoms with Gasteiger partial charge in [0.1, 0.15) is 5.02 Å². The fraction of sp³-hybridized carbons (Fsp3) is 0.556. The summed E-state index contributed by atoms with van der Waals surface area (Å²) in [4.78, 5) is 19.4. The maximum atomic E-state index is 11.2. The third-order valence-electron chi connectivity index (χ3n) is 2.06. The van der Waals surface area contributed by atoms with Gasteiger partial charge < -0.3 is 15.6 Å². The Kier molecular flexibility index (Phi) is 4.11. The van der Waals surface area contributed by atoms with Gasteiger partial charge in [-0.3, -0.25) is 4.79 Å². The van der Waals surface area contributed by atoms with Crippen LogP contribution in [-0.2, 0) is 0 Å². The van der Waals surface area contributed by atoms with Gasteiger partial charge in [-0.1, -0.05) is 11.6 Å². The minimum Gasteiger partial charge on any atom is -0.358 e. The molecule has 0 aliphatic rings. The van der Waals surface area contributed by atoms with Crippen molar-refractivity contribution >= 4 is 17.4 Å². The van der Waals surface area contributed by atoms with Crippen LogP contribution in [0.3, 0.4) is 0 Å². The van der Waals surface area contributed by atoms with Crippen molar-refractivity contribution in [2.24, 2.45) is 5.73 Å². The van der Waals surface area contributed by atoms with Crippen molar-refractivity contribution in [3.05, 3.63) is 21.7 Å². The summed E-state index contributed by atoms with van der Waals surface area (Å²) < 4.78 is 0. The fourth-order valence-corrected chi connectivity index (χ4v) is 1.39. The van der Waals surface area contributed by atoms with E-state index in [9.17, 15) is 4.79 Å². The molecule has 1 atom stereocenters. The molecule has 0 aliphatic carbocycles. The molecule has 5 nitrogen and oxygen atoms in total. The molecule has 1 heterocycles. The number of halogens is 1. The largest absolute Gasteiger partial charge is 0.358 e. The third kappa shape index (κ3) is 3.21. The Morgan fingerprint density at radius 1 is 1.73 bits per heavy atom. The summed E-state index contributed by atoms with van der Waals surface area (Å²) in [5.74, 6) is 0.487. The van der Waals surface area contributed by atoms with Crippen LogP contribution in [-0.4, -0.2) is 29.6 Å². The van der Waals surface area contributed by atoms with Crippen LogP contribution in [0.5, 0.6) is 0 Å². The summed E-state index contributed by atoms with van der Waals surface area (Å²) in [5.41, 5.74) is 5.31. The molecule has 3 N–H and O–H groups in total. The normalized spacial score (nSPS) is 12.5. The van der Waals surface area contributed by atoms with E-state index in [1.54, 1.807) is 0 Å². The minimum atomic E-state index is -0.325. The van der Waals surface area contributed by atoms with Gasteiger partial charge in [0.25, 0.3) is 5.56 Å². The maximum Gasteiger partial charge on any atom is 0.271 e. The van der Waals surface area contributed by atoms with Crippen molar-refractivity contribution in [3.8, 4) is 0 Å². The average molecular weight is 231 g/mol. The van der Waals surface area contributed by atoms with E-state index in [1.165, 1.54) is 6.33 Å². The molecular formula is C9H15ClN4O. The van der Waals surface area contributed by atoms with Gasteiger partial charge in [0, 0.05) is 19.6 Å². The highest BCUT2D eigenvalue weighted by Gasteiger charge is 2.10. The van der Waals surface area contributed by atoms with Gasteiger partial charge in [-0.05, 0) is 13.3 Å². The van der Waals surface area contributed by atoms with Crippen LogP contribution in [0.2, 0.25) is 5.02 Å². The summed E-state index contributed by atoms with van der Waals surface area (Å²) in [6.45, 7) is 2.65. The Morgan fingerprint density at radius 3 is 3.00 bits per heavy atom. The molecule has 15 heavy (non-hydrogen) atoms. The van der Waals surface area contributed by atoms with Gasteiger partial charge in [0.2, 0.25) is 0 Å². The van der Waals surface area contributed by atoms with Gasteiger partial charge in [0.05, 0.1) is 6.33 Å². The predicted octanol–water partition coefficient (Wildman–Crippen LogP) is 0.597. The van der Waals surface area contributed by atoms with Gasteiger partial charge in [0.15, 0.2) is 5.82 Å². The average Bonchev–Trinajstić information content (AvgIpc) is 2.18. The van der Waals surface area contributed by atoms with Crippen molar-refractivity contribution in [1.82, 2.24) is 9.97 Å². The second-order valence-corrected chi connectivity index (χ2v) is 3.93. The topological polar surface area (TPSA) is 75.0 Å². The van der Waals surface area contributed by atoms with E-state index in [2.05, 4.69) is 9.97 Å². The number of nitrogens with zero attached hydrogens (tertiary/aromatic N) is 2. The van der Waals surface area contributed by atoms with Gasteiger partial charge in [-0.25, -0.2) is 4.98 Å². The van der Waals surface area contributed by atoms with E-state index in [0.29, 0.717) is 12.4 Å². The number of aromatic nitrogens is 2. The van der Waals surface area contributed by atoms with Crippen molar-refractivity contribution in [1.29, 1.82) is 0 Å². The van der Waals surface area contributed by atoms with Gasteiger partial charge in [-0.15, -0.1) is 0 Å². The summed E-state index contributed by atoms with van der Waals surface area (Å²) >= 11 is 5.82. The number of hydrogen-bond acceptors (Lipinski definition) is 4. The van der Waals surface area contributed by atoms with E-state index in [0.717, 1.165) is 6.42 Å². The molecule has 84 valence electrons. The molecule has 0 saturated heterocycles. The first-order valence-electron chi connectivity index (χ1n) is 4.72. The van der Waals surface area contributed by atoms with Crippen LogP contribution in [0.25, 0.3) is 0 Å². The molecule has 0 fully saturated rings. The lowest BCUT2D eigenvalue weighted by Crippen LogP contribution is -2.27. The standard InChI is InChI=1S/C9H15ClN4O/c1-6(11)3-4-14(2)8-7(10)9(15)13-5-12-8/h5-6H,3-4,11H2,1-2H3,(H,12,13,15). The maximum absolute atomic E-state index is 11.2. The Labute approximate surface area is 93.3 Å². The Bertz CT molecular complexity index is 377. The van der Waals surface area contributed by atoms with Crippen molar-refractivity contribution in [2.75, 3.05) is 18.5 Å². The molecule has 0 spiro atoms. The highest BCUT2D eigenvalue weighted by atomic mass is 35.5. The molecule has 0 radical (unpaired) electrons. The number of anilines is 1. The van der Waals surface area contributed by atoms with Crippen LogP contribution in [0.4, 0.5) is 5.82 Å². The number of aromatic amines is 1. The first-order valence-corrected chi connectivity index (χ1v) is 5.10. The molecule has 1 aromatic rings. The Balaban J connectivity index is 2.78. The predicted molar refractivity (Wildman–Crippen MR) is 61.4 cm³/mol. The second kappa shape index (κ2) is 5.14. The van der Waals surface area contributed by atoms with Crippen LogP contribution >= 0.6 is 11.6 Å². The summed E-state index contributed by atoms with van der Waals surface area (Å²) in [6, 6.07) is 0.119. The molecular weight excluding hydrogens is 216 g/mol. The SMILES string of the molecule is CC(N)CCN(C)c1nc[nH]c(=O)c1Cl. The number of hydrogen-bond donors (Lipinski definition) is 2. The molecule has 0 aliphatic heterocycles. The van der Waals surface area contributed by atoms with E-state index in [4.69, 9.17) is 17.3 Å². The van der Waals surface area contributed by atoms with Crippen molar-refractivity contribution in [3.63, 3.8) is 0 Å².